The number of rotatable bonds is 6. The van der Waals surface area contributed by atoms with Gasteiger partial charge in [-0.1, -0.05) is 31.0 Å². The van der Waals surface area contributed by atoms with E-state index in [1.165, 1.54) is 0 Å². The van der Waals surface area contributed by atoms with Crippen LogP contribution in [0.4, 0.5) is 5.69 Å². The second-order valence-corrected chi connectivity index (χ2v) is 5.49. The van der Waals surface area contributed by atoms with E-state index < -0.39 is 5.97 Å². The van der Waals surface area contributed by atoms with Gasteiger partial charge in [-0.3, -0.25) is 20.4 Å². The molecule has 1 fully saturated rings. The van der Waals surface area contributed by atoms with Gasteiger partial charge in [-0.25, -0.2) is 0 Å². The number of carboxylic acids is 1. The summed E-state index contributed by atoms with van der Waals surface area (Å²) < 4.78 is 0. The molecule has 5 nitrogen and oxygen atoms in total. The van der Waals surface area contributed by atoms with E-state index in [0.717, 1.165) is 31.4 Å². The summed E-state index contributed by atoms with van der Waals surface area (Å²) in [5, 5.41) is 9.01. The number of aliphatic carboxylic acids is 1. The van der Waals surface area contributed by atoms with Crippen LogP contribution in [0.2, 0.25) is 0 Å². The number of nitrogens with one attached hydrogen (secondary N) is 2. The van der Waals surface area contributed by atoms with Gasteiger partial charge >= 0.3 is 5.97 Å². The molecule has 0 unspecified atom stereocenters. The van der Waals surface area contributed by atoms with Gasteiger partial charge in [0.1, 0.15) is 0 Å². The lowest BCUT2D eigenvalue weighted by Gasteiger charge is -2.26. The van der Waals surface area contributed by atoms with Crippen molar-refractivity contribution in [2.75, 3.05) is 5.43 Å². The van der Waals surface area contributed by atoms with Gasteiger partial charge in [0.05, 0.1) is 12.1 Å². The molecule has 1 aliphatic carbocycles. The minimum Gasteiger partial charge on any atom is -0.481 e. The normalized spacial score (nSPS) is 16.6. The Hall–Kier alpha value is -2.04. The van der Waals surface area contributed by atoms with E-state index in [-0.39, 0.29) is 24.2 Å². The number of hydrogen-bond donors (Lipinski definition) is 3. The molecule has 1 amide bonds. The standard InChI is InChI=1S/C15H20N2O3/c18-13(17-16-12-6-2-1-3-7-12)10-15(11-14(19)20)8-4-5-9-15/h1-3,6-7,16H,4-5,8-11H2,(H,17,18)(H,19,20). The zero-order valence-electron chi connectivity index (χ0n) is 11.4. The van der Waals surface area contributed by atoms with Gasteiger partial charge in [-0.15, -0.1) is 0 Å². The molecular formula is C15H20N2O3. The molecule has 0 aliphatic heterocycles. The highest BCUT2D eigenvalue weighted by Crippen LogP contribution is 2.43. The molecule has 0 bridgehead atoms. The molecule has 0 spiro atoms. The first-order valence-electron chi connectivity index (χ1n) is 6.91. The summed E-state index contributed by atoms with van der Waals surface area (Å²) in [5.41, 5.74) is 5.92. The van der Waals surface area contributed by atoms with E-state index in [1.807, 2.05) is 30.3 Å². The highest BCUT2D eigenvalue weighted by molar-refractivity contribution is 5.79. The molecule has 0 atom stereocenters. The summed E-state index contributed by atoms with van der Waals surface area (Å²) in [6, 6.07) is 9.34. The highest BCUT2D eigenvalue weighted by atomic mass is 16.4. The van der Waals surface area contributed by atoms with E-state index in [2.05, 4.69) is 10.9 Å². The van der Waals surface area contributed by atoms with Crippen LogP contribution in [0.15, 0.2) is 30.3 Å². The average Bonchev–Trinajstić information content (AvgIpc) is 2.85. The van der Waals surface area contributed by atoms with Gasteiger partial charge in [0, 0.05) is 6.42 Å². The molecule has 3 N–H and O–H groups in total. The lowest BCUT2D eigenvalue weighted by molar-refractivity contribution is -0.140. The number of benzene rings is 1. The number of hydrogen-bond acceptors (Lipinski definition) is 3. The Balaban J connectivity index is 1.87. The maximum absolute atomic E-state index is 12.0. The fourth-order valence-electron chi connectivity index (χ4n) is 2.91. The molecule has 1 saturated carbocycles. The Labute approximate surface area is 118 Å². The second-order valence-electron chi connectivity index (χ2n) is 5.49. The summed E-state index contributed by atoms with van der Waals surface area (Å²) in [6.45, 7) is 0. The van der Waals surface area contributed by atoms with Crippen LogP contribution < -0.4 is 10.9 Å². The number of para-hydroxylation sites is 1. The van der Waals surface area contributed by atoms with Crippen molar-refractivity contribution in [1.82, 2.24) is 5.43 Å². The lowest BCUT2D eigenvalue weighted by atomic mass is 9.79. The summed E-state index contributed by atoms with van der Waals surface area (Å²) in [5.74, 6) is -0.979. The first kappa shape index (κ1) is 14.4. The number of hydrazine groups is 1. The van der Waals surface area contributed by atoms with Crippen LogP contribution in [0.1, 0.15) is 38.5 Å². The van der Waals surface area contributed by atoms with Crippen molar-refractivity contribution in [2.24, 2.45) is 5.41 Å². The SMILES string of the molecule is O=C(O)CC1(CC(=O)NNc2ccccc2)CCCC1. The van der Waals surface area contributed by atoms with E-state index in [0.29, 0.717) is 0 Å². The first-order chi connectivity index (χ1) is 9.60. The van der Waals surface area contributed by atoms with Crippen molar-refractivity contribution in [3.05, 3.63) is 30.3 Å². The highest BCUT2D eigenvalue weighted by Gasteiger charge is 2.37. The van der Waals surface area contributed by atoms with Crippen LogP contribution in [0.25, 0.3) is 0 Å². The molecule has 0 saturated heterocycles. The van der Waals surface area contributed by atoms with Gasteiger partial charge in [-0.05, 0) is 30.4 Å². The third-order valence-electron chi connectivity index (χ3n) is 3.85. The zero-order valence-corrected chi connectivity index (χ0v) is 11.4. The monoisotopic (exact) mass is 276 g/mol. The maximum Gasteiger partial charge on any atom is 0.303 e. The zero-order chi connectivity index (χ0) is 14.4. The molecule has 1 aromatic carbocycles. The minimum atomic E-state index is -0.823. The molecule has 0 radical (unpaired) electrons. The fraction of sp³-hybridized carbons (Fsp3) is 0.467. The first-order valence-corrected chi connectivity index (χ1v) is 6.91. The predicted octanol–water partition coefficient (Wildman–Crippen LogP) is 2.55. The van der Waals surface area contributed by atoms with Gasteiger partial charge in [0.2, 0.25) is 5.91 Å². The Kier molecular flexibility index (Phi) is 4.61. The van der Waals surface area contributed by atoms with Crippen LogP contribution >= 0.6 is 0 Å². The van der Waals surface area contributed by atoms with Gasteiger partial charge in [-0.2, -0.15) is 0 Å². The van der Waals surface area contributed by atoms with Crippen LogP contribution in [0, 0.1) is 5.41 Å². The fourth-order valence-corrected chi connectivity index (χ4v) is 2.91. The van der Waals surface area contributed by atoms with Crippen molar-refractivity contribution >= 4 is 17.6 Å². The summed E-state index contributed by atoms with van der Waals surface area (Å²) >= 11 is 0. The minimum absolute atomic E-state index is 0.0752. The number of anilines is 1. The van der Waals surface area contributed by atoms with E-state index in [4.69, 9.17) is 5.11 Å². The second kappa shape index (κ2) is 6.41. The molecule has 0 aromatic heterocycles. The van der Waals surface area contributed by atoms with Gasteiger partial charge in [0.15, 0.2) is 0 Å². The van der Waals surface area contributed by atoms with Crippen molar-refractivity contribution < 1.29 is 14.7 Å². The Morgan fingerprint density at radius 3 is 2.35 bits per heavy atom. The molecule has 1 aromatic rings. The number of carbonyl (C=O) groups is 2. The molecule has 1 aliphatic rings. The molecule has 5 heteroatoms. The van der Waals surface area contributed by atoms with E-state index in [9.17, 15) is 9.59 Å². The van der Waals surface area contributed by atoms with E-state index in [1.54, 1.807) is 0 Å². The largest absolute Gasteiger partial charge is 0.481 e. The van der Waals surface area contributed by atoms with Crippen molar-refractivity contribution in [2.45, 2.75) is 38.5 Å². The Morgan fingerprint density at radius 2 is 1.75 bits per heavy atom. The smallest absolute Gasteiger partial charge is 0.303 e. The molecule has 2 rings (SSSR count). The topological polar surface area (TPSA) is 78.4 Å². The van der Waals surface area contributed by atoms with Crippen LogP contribution in [0.3, 0.4) is 0 Å². The Morgan fingerprint density at radius 1 is 1.10 bits per heavy atom. The van der Waals surface area contributed by atoms with Crippen molar-refractivity contribution in [3.8, 4) is 0 Å². The average molecular weight is 276 g/mol. The summed E-state index contributed by atoms with van der Waals surface area (Å²) in [6.07, 6.45) is 3.99. The van der Waals surface area contributed by atoms with Crippen LogP contribution in [-0.4, -0.2) is 17.0 Å². The molecular weight excluding hydrogens is 256 g/mol. The third kappa shape index (κ3) is 3.98. The number of amides is 1. The van der Waals surface area contributed by atoms with Gasteiger partial charge < -0.3 is 5.11 Å². The van der Waals surface area contributed by atoms with Crippen LogP contribution in [0.5, 0.6) is 0 Å². The summed E-state index contributed by atoms with van der Waals surface area (Å²) in [4.78, 5) is 23.0. The molecule has 108 valence electrons. The van der Waals surface area contributed by atoms with E-state index >= 15 is 0 Å². The molecule has 20 heavy (non-hydrogen) atoms. The van der Waals surface area contributed by atoms with Crippen molar-refractivity contribution in [1.29, 1.82) is 0 Å². The van der Waals surface area contributed by atoms with Crippen LogP contribution in [-0.2, 0) is 9.59 Å². The lowest BCUT2D eigenvalue weighted by Crippen LogP contribution is -2.35. The predicted molar refractivity (Wildman–Crippen MR) is 76.0 cm³/mol. The maximum atomic E-state index is 12.0. The number of carboxylic acid groups (broad SMARTS) is 1. The summed E-state index contributed by atoms with van der Waals surface area (Å²) in [7, 11) is 0. The quantitative estimate of drug-likeness (QED) is 0.698. The van der Waals surface area contributed by atoms with Crippen molar-refractivity contribution in [3.63, 3.8) is 0 Å². The third-order valence-corrected chi connectivity index (χ3v) is 3.85. The molecule has 0 heterocycles. The Bertz CT molecular complexity index is 467. The number of carbonyl (C=O) groups excluding carboxylic acids is 1. The van der Waals surface area contributed by atoms with Gasteiger partial charge in [0.25, 0.3) is 0 Å².